The smallest absolute Gasteiger partial charge is 0.179 e. The summed E-state index contributed by atoms with van der Waals surface area (Å²) in [6.07, 6.45) is 0. The van der Waals surface area contributed by atoms with Crippen LogP contribution < -0.4 is 25.6 Å². The lowest BCUT2D eigenvalue weighted by Crippen LogP contribution is -2.74. The van der Waals surface area contributed by atoms with Crippen LogP contribution in [-0.2, 0) is 0 Å². The van der Waals surface area contributed by atoms with Crippen LogP contribution in [0.5, 0.6) is 0 Å². The van der Waals surface area contributed by atoms with Crippen LogP contribution in [0.4, 0.5) is 17.1 Å². The Hall–Kier alpha value is -6.93. The summed E-state index contributed by atoms with van der Waals surface area (Å²) in [5, 5.41) is 17.3. The number of nitriles is 1. The van der Waals surface area contributed by atoms with Crippen LogP contribution in [-0.4, -0.2) is 12.6 Å². The van der Waals surface area contributed by atoms with E-state index >= 15 is 0 Å². The number of benzene rings is 8. The lowest BCUT2D eigenvalue weighted by molar-refractivity contribution is 1.18. The maximum atomic E-state index is 9.49. The van der Waals surface area contributed by atoms with Crippen molar-refractivity contribution < 1.29 is 0 Å². The molecule has 0 spiro atoms. The van der Waals surface area contributed by atoms with E-state index in [1.54, 1.807) is 0 Å². The highest BCUT2D eigenvalue weighted by atomic mass is 28.3. The van der Waals surface area contributed by atoms with Crippen molar-refractivity contribution in [2.75, 3.05) is 4.90 Å². The Morgan fingerprint density at radius 3 is 1.45 bits per heavy atom. The van der Waals surface area contributed by atoms with E-state index in [2.05, 4.69) is 198 Å². The van der Waals surface area contributed by atoms with Gasteiger partial charge in [-0.15, -0.1) is 0 Å². The van der Waals surface area contributed by atoms with E-state index in [1.165, 1.54) is 42.6 Å². The minimum atomic E-state index is -2.87. The average molecular weight is 694 g/mol. The number of hydrogen-bond acceptors (Lipinski definition) is 2. The van der Waals surface area contributed by atoms with Crippen molar-refractivity contribution in [1.82, 2.24) is 4.57 Å². The molecule has 0 aliphatic carbocycles. The highest BCUT2D eigenvalue weighted by molar-refractivity contribution is 7.20. The van der Waals surface area contributed by atoms with Crippen LogP contribution in [0.15, 0.2) is 212 Å². The molecular weight excluding hydrogens is 659 g/mol. The molecular formula is C49H35N3Si. The van der Waals surface area contributed by atoms with Gasteiger partial charge < -0.3 is 9.47 Å². The summed E-state index contributed by atoms with van der Waals surface area (Å²) < 4.78 is 2.39. The number of para-hydroxylation sites is 3. The van der Waals surface area contributed by atoms with Gasteiger partial charge >= 0.3 is 0 Å². The first kappa shape index (κ1) is 32.0. The van der Waals surface area contributed by atoms with E-state index < -0.39 is 8.07 Å². The Balaban J connectivity index is 1.29. The highest BCUT2D eigenvalue weighted by Gasteiger charge is 2.41. The molecule has 3 nitrogen and oxygen atoms in total. The molecule has 1 aromatic heterocycles. The molecule has 4 heteroatoms. The highest BCUT2D eigenvalue weighted by Crippen LogP contribution is 2.35. The molecule has 0 saturated heterocycles. The Morgan fingerprint density at radius 2 is 0.849 bits per heavy atom. The van der Waals surface area contributed by atoms with Gasteiger partial charge in [-0.1, -0.05) is 140 Å². The van der Waals surface area contributed by atoms with Gasteiger partial charge in [0, 0.05) is 33.5 Å². The van der Waals surface area contributed by atoms with Gasteiger partial charge in [-0.25, -0.2) is 0 Å². The topological polar surface area (TPSA) is 32.0 Å². The zero-order chi connectivity index (χ0) is 35.6. The van der Waals surface area contributed by atoms with Gasteiger partial charge in [-0.3, -0.25) is 0 Å². The van der Waals surface area contributed by atoms with E-state index in [0.29, 0.717) is 5.56 Å². The molecule has 0 aliphatic heterocycles. The molecule has 0 saturated carbocycles. The van der Waals surface area contributed by atoms with Gasteiger partial charge in [0.25, 0.3) is 0 Å². The molecule has 53 heavy (non-hydrogen) atoms. The Labute approximate surface area is 310 Å². The molecule has 0 aliphatic rings. The van der Waals surface area contributed by atoms with Gasteiger partial charge in [0.05, 0.1) is 22.7 Å². The first-order valence-electron chi connectivity index (χ1n) is 17.9. The number of nitrogens with zero attached hydrogens (tertiary/aromatic N) is 3. The number of anilines is 3. The van der Waals surface area contributed by atoms with Crippen molar-refractivity contribution in [3.63, 3.8) is 0 Å². The van der Waals surface area contributed by atoms with Crippen molar-refractivity contribution in [3.8, 4) is 11.8 Å². The lowest BCUT2D eigenvalue weighted by atomic mass is 10.1. The molecule has 0 N–H and O–H groups in total. The van der Waals surface area contributed by atoms with Crippen LogP contribution in [0, 0.1) is 11.3 Å². The summed E-state index contributed by atoms with van der Waals surface area (Å²) >= 11 is 0. The van der Waals surface area contributed by atoms with E-state index in [4.69, 9.17) is 0 Å². The molecule has 0 unspecified atom stereocenters. The summed E-state index contributed by atoms with van der Waals surface area (Å²) in [5.41, 5.74) is 7.30. The molecule has 0 radical (unpaired) electrons. The molecule has 0 atom stereocenters. The minimum absolute atomic E-state index is 0.641. The normalized spacial score (nSPS) is 11.4. The average Bonchev–Trinajstić information content (AvgIpc) is 3.57. The first-order valence-corrected chi connectivity index (χ1v) is 19.9. The molecule has 9 aromatic rings. The van der Waals surface area contributed by atoms with Crippen LogP contribution in [0.1, 0.15) is 5.56 Å². The van der Waals surface area contributed by atoms with Gasteiger partial charge in [0.15, 0.2) is 8.07 Å². The van der Waals surface area contributed by atoms with E-state index in [-0.39, 0.29) is 0 Å². The van der Waals surface area contributed by atoms with Gasteiger partial charge in [0.1, 0.15) is 0 Å². The van der Waals surface area contributed by atoms with Gasteiger partial charge in [-0.05, 0) is 93.5 Å². The third-order valence-corrected chi connectivity index (χ3v) is 15.1. The fraction of sp³-hybridized carbons (Fsp3) is 0. The Kier molecular flexibility index (Phi) is 8.24. The van der Waals surface area contributed by atoms with E-state index in [0.717, 1.165) is 22.7 Å². The van der Waals surface area contributed by atoms with Crippen LogP contribution in [0.2, 0.25) is 0 Å². The van der Waals surface area contributed by atoms with Crippen molar-refractivity contribution in [1.29, 1.82) is 5.26 Å². The number of fused-ring (bicyclic) bond motifs is 3. The summed E-state index contributed by atoms with van der Waals surface area (Å²) in [4.78, 5) is 2.25. The van der Waals surface area contributed by atoms with Crippen molar-refractivity contribution in [2.45, 2.75) is 0 Å². The number of rotatable bonds is 8. The number of hydrogen-bond donors (Lipinski definition) is 0. The van der Waals surface area contributed by atoms with E-state index in [9.17, 15) is 5.26 Å². The van der Waals surface area contributed by atoms with Crippen LogP contribution in [0.3, 0.4) is 0 Å². The Bertz CT molecular complexity index is 2660. The fourth-order valence-electron chi connectivity index (χ4n) is 8.01. The molecule has 8 aromatic carbocycles. The maximum Gasteiger partial charge on any atom is 0.179 e. The van der Waals surface area contributed by atoms with Crippen LogP contribution in [0.25, 0.3) is 27.5 Å². The second-order valence-electron chi connectivity index (χ2n) is 13.3. The van der Waals surface area contributed by atoms with Gasteiger partial charge in [0.2, 0.25) is 0 Å². The standard InChI is InChI=1S/C49H35N3Si/c50-36-37-25-27-40(28-26-37)51(38-15-5-1-6-16-38)41-29-31-44(32-30-41)53(42-19-9-3-10-20-42,43-21-11-4-12-22-43)45-33-34-49-47(35-45)46-23-13-14-24-48(46)52(49)39-17-7-2-8-18-39/h1-35H. The van der Waals surface area contributed by atoms with Crippen LogP contribution >= 0.6 is 0 Å². The molecule has 250 valence electrons. The largest absolute Gasteiger partial charge is 0.311 e. The minimum Gasteiger partial charge on any atom is -0.311 e. The molecule has 0 bridgehead atoms. The van der Waals surface area contributed by atoms with Crippen molar-refractivity contribution in [2.24, 2.45) is 0 Å². The summed E-state index contributed by atoms with van der Waals surface area (Å²) in [7, 11) is -2.87. The molecule has 9 rings (SSSR count). The third-order valence-electron chi connectivity index (χ3n) is 10.4. The van der Waals surface area contributed by atoms with Crippen molar-refractivity contribution in [3.05, 3.63) is 218 Å². The van der Waals surface area contributed by atoms with Crippen molar-refractivity contribution >= 4 is 67.7 Å². The summed E-state index contributed by atoms with van der Waals surface area (Å²) in [6, 6.07) is 78.5. The maximum absolute atomic E-state index is 9.49. The van der Waals surface area contributed by atoms with Gasteiger partial charge in [-0.2, -0.15) is 5.26 Å². The molecule has 0 fully saturated rings. The predicted octanol–water partition coefficient (Wildman–Crippen LogP) is 9.50. The first-order chi connectivity index (χ1) is 26.3. The fourth-order valence-corrected chi connectivity index (χ4v) is 12.8. The monoisotopic (exact) mass is 693 g/mol. The summed E-state index contributed by atoms with van der Waals surface area (Å²) in [5.74, 6) is 0. The zero-order valence-corrected chi connectivity index (χ0v) is 30.0. The Morgan fingerprint density at radius 1 is 0.396 bits per heavy atom. The second-order valence-corrected chi connectivity index (χ2v) is 17.1. The molecule has 0 amide bonds. The zero-order valence-electron chi connectivity index (χ0n) is 29.0. The van der Waals surface area contributed by atoms with E-state index in [1.807, 2.05) is 30.3 Å². The summed E-state index contributed by atoms with van der Waals surface area (Å²) in [6.45, 7) is 0. The second kappa shape index (κ2) is 13.7. The quantitative estimate of drug-likeness (QED) is 0.117. The third kappa shape index (κ3) is 5.52. The number of aromatic nitrogens is 1. The predicted molar refractivity (Wildman–Crippen MR) is 224 cm³/mol. The SMILES string of the molecule is N#Cc1ccc(N(c2ccccc2)c2ccc([Si](c3ccccc3)(c3ccccc3)c3ccc4c(c3)c3ccccc3n4-c3ccccc3)cc2)cc1. The lowest BCUT2D eigenvalue weighted by Gasteiger charge is -2.35. The molecule has 1 heterocycles.